The summed E-state index contributed by atoms with van der Waals surface area (Å²) in [5.41, 5.74) is 0.422. The van der Waals surface area contributed by atoms with Gasteiger partial charge < -0.3 is 9.84 Å². The van der Waals surface area contributed by atoms with E-state index in [1.165, 1.54) is 11.3 Å². The molecule has 2 aromatic rings. The average Bonchev–Trinajstić information content (AvgIpc) is 2.94. The number of benzene rings is 1. The Bertz CT molecular complexity index is 624. The summed E-state index contributed by atoms with van der Waals surface area (Å²) in [4.78, 5) is 16.5. The van der Waals surface area contributed by atoms with Gasteiger partial charge in [0.2, 0.25) is 0 Å². The first-order valence-corrected chi connectivity index (χ1v) is 7.77. The van der Waals surface area contributed by atoms with E-state index < -0.39 is 11.6 Å². The summed E-state index contributed by atoms with van der Waals surface area (Å²) >= 11 is 1.40. The largest absolute Gasteiger partial charge is 0.476 e. The molecule has 1 aromatic heterocycles. The van der Waals surface area contributed by atoms with Crippen molar-refractivity contribution in [1.82, 2.24) is 4.98 Å². The van der Waals surface area contributed by atoms with E-state index in [2.05, 4.69) is 4.98 Å². The van der Waals surface area contributed by atoms with Crippen molar-refractivity contribution in [2.75, 3.05) is 6.61 Å². The van der Waals surface area contributed by atoms with Gasteiger partial charge in [-0.1, -0.05) is 37.3 Å². The number of carbonyl (C=O) groups is 1. The van der Waals surface area contributed by atoms with Crippen molar-refractivity contribution >= 4 is 17.3 Å². The van der Waals surface area contributed by atoms with Crippen LogP contribution in [0.15, 0.2) is 30.3 Å². The SMILES string of the molecule is CCOC(C)(CC)c1nc(C(=O)O)c(-c2ccccc2)s1. The molecule has 21 heavy (non-hydrogen) atoms. The van der Waals surface area contributed by atoms with E-state index in [1.807, 2.05) is 51.1 Å². The van der Waals surface area contributed by atoms with Crippen LogP contribution in [0.4, 0.5) is 0 Å². The van der Waals surface area contributed by atoms with Crippen molar-refractivity contribution in [2.24, 2.45) is 0 Å². The highest BCUT2D eigenvalue weighted by Crippen LogP contribution is 2.38. The van der Waals surface area contributed by atoms with Gasteiger partial charge in [0.25, 0.3) is 0 Å². The first-order valence-electron chi connectivity index (χ1n) is 6.95. The van der Waals surface area contributed by atoms with E-state index in [4.69, 9.17) is 4.74 Å². The molecule has 0 amide bonds. The third kappa shape index (κ3) is 3.14. The molecule has 2 rings (SSSR count). The monoisotopic (exact) mass is 305 g/mol. The second-order valence-corrected chi connectivity index (χ2v) is 5.88. The van der Waals surface area contributed by atoms with Gasteiger partial charge in [0, 0.05) is 6.61 Å². The van der Waals surface area contributed by atoms with E-state index >= 15 is 0 Å². The molecule has 112 valence electrons. The summed E-state index contributed by atoms with van der Waals surface area (Å²) in [6.45, 7) is 6.46. The van der Waals surface area contributed by atoms with Crippen LogP contribution in [0.25, 0.3) is 10.4 Å². The van der Waals surface area contributed by atoms with Crippen LogP contribution < -0.4 is 0 Å². The second kappa shape index (κ2) is 6.37. The molecule has 1 N–H and O–H groups in total. The van der Waals surface area contributed by atoms with Gasteiger partial charge in [-0.05, 0) is 25.8 Å². The van der Waals surface area contributed by atoms with Crippen LogP contribution in [0.3, 0.4) is 0 Å². The maximum absolute atomic E-state index is 11.5. The van der Waals surface area contributed by atoms with Crippen LogP contribution in [0, 0.1) is 0 Å². The molecule has 5 heteroatoms. The van der Waals surface area contributed by atoms with Crippen molar-refractivity contribution in [3.8, 4) is 10.4 Å². The molecule has 0 saturated carbocycles. The molecule has 4 nitrogen and oxygen atoms in total. The molecule has 0 bridgehead atoms. The number of aromatic nitrogens is 1. The Morgan fingerprint density at radius 2 is 2.00 bits per heavy atom. The van der Waals surface area contributed by atoms with Gasteiger partial charge in [0.1, 0.15) is 10.6 Å². The lowest BCUT2D eigenvalue weighted by atomic mass is 10.0. The molecular formula is C16H19NO3S. The van der Waals surface area contributed by atoms with Crippen LogP contribution in [-0.4, -0.2) is 22.7 Å². The number of aromatic carboxylic acids is 1. The van der Waals surface area contributed by atoms with E-state index in [-0.39, 0.29) is 5.69 Å². The van der Waals surface area contributed by atoms with Gasteiger partial charge in [0.15, 0.2) is 5.69 Å². The molecule has 1 aromatic carbocycles. The van der Waals surface area contributed by atoms with Crippen LogP contribution in [0.2, 0.25) is 0 Å². The Balaban J connectivity index is 2.55. The molecule has 1 atom stereocenters. The van der Waals surface area contributed by atoms with E-state index in [0.717, 1.165) is 12.0 Å². The Hall–Kier alpha value is -1.72. The summed E-state index contributed by atoms with van der Waals surface area (Å²) < 4.78 is 5.80. The molecule has 0 aliphatic carbocycles. The minimum absolute atomic E-state index is 0.0978. The summed E-state index contributed by atoms with van der Waals surface area (Å²) in [6, 6.07) is 9.48. The highest BCUT2D eigenvalue weighted by molar-refractivity contribution is 7.15. The Morgan fingerprint density at radius 1 is 1.33 bits per heavy atom. The van der Waals surface area contributed by atoms with Gasteiger partial charge >= 0.3 is 5.97 Å². The normalized spacial score (nSPS) is 13.9. The predicted molar refractivity (Wildman–Crippen MR) is 83.8 cm³/mol. The van der Waals surface area contributed by atoms with Crippen LogP contribution in [-0.2, 0) is 10.3 Å². The maximum atomic E-state index is 11.5. The lowest BCUT2D eigenvalue weighted by molar-refractivity contribution is -0.0325. The summed E-state index contributed by atoms with van der Waals surface area (Å²) in [5, 5.41) is 10.1. The van der Waals surface area contributed by atoms with Crippen molar-refractivity contribution in [1.29, 1.82) is 0 Å². The Kier molecular flexibility index (Phi) is 4.75. The van der Waals surface area contributed by atoms with Crippen molar-refractivity contribution in [3.63, 3.8) is 0 Å². The van der Waals surface area contributed by atoms with E-state index in [9.17, 15) is 9.90 Å². The van der Waals surface area contributed by atoms with Gasteiger partial charge in [-0.15, -0.1) is 11.3 Å². The molecule has 1 unspecified atom stereocenters. The lowest BCUT2D eigenvalue weighted by Crippen LogP contribution is -2.25. The fraction of sp³-hybridized carbons (Fsp3) is 0.375. The van der Waals surface area contributed by atoms with Gasteiger partial charge in [-0.2, -0.15) is 0 Å². The number of hydrogen-bond acceptors (Lipinski definition) is 4. The first kappa shape index (κ1) is 15.7. The molecule has 0 fully saturated rings. The summed E-state index contributed by atoms with van der Waals surface area (Å²) in [7, 11) is 0. The van der Waals surface area contributed by atoms with Crippen LogP contribution >= 0.6 is 11.3 Å². The summed E-state index contributed by atoms with van der Waals surface area (Å²) in [5.74, 6) is -1.01. The minimum atomic E-state index is -1.01. The number of nitrogens with zero attached hydrogens (tertiary/aromatic N) is 1. The predicted octanol–water partition coefficient (Wildman–Crippen LogP) is 4.17. The zero-order valence-electron chi connectivity index (χ0n) is 12.4. The molecule has 0 spiro atoms. The van der Waals surface area contributed by atoms with Crippen LogP contribution in [0.5, 0.6) is 0 Å². The number of carboxylic acids is 1. The van der Waals surface area contributed by atoms with Crippen molar-refractivity contribution in [3.05, 3.63) is 41.0 Å². The highest BCUT2D eigenvalue weighted by atomic mass is 32.1. The minimum Gasteiger partial charge on any atom is -0.476 e. The zero-order valence-corrected chi connectivity index (χ0v) is 13.2. The Morgan fingerprint density at radius 3 is 2.52 bits per heavy atom. The number of rotatable bonds is 6. The second-order valence-electron chi connectivity index (χ2n) is 4.89. The molecular weight excluding hydrogens is 286 g/mol. The number of thiazole rings is 1. The van der Waals surface area contributed by atoms with Gasteiger partial charge in [-0.3, -0.25) is 0 Å². The van der Waals surface area contributed by atoms with E-state index in [0.29, 0.717) is 16.5 Å². The average molecular weight is 305 g/mol. The zero-order chi connectivity index (χ0) is 15.5. The lowest BCUT2D eigenvalue weighted by Gasteiger charge is -2.25. The topological polar surface area (TPSA) is 59.4 Å². The maximum Gasteiger partial charge on any atom is 0.356 e. The fourth-order valence-corrected chi connectivity index (χ4v) is 3.34. The third-order valence-electron chi connectivity index (χ3n) is 3.46. The molecule has 0 aliphatic rings. The highest BCUT2D eigenvalue weighted by Gasteiger charge is 2.32. The number of ether oxygens (including phenoxy) is 1. The van der Waals surface area contributed by atoms with Crippen molar-refractivity contribution < 1.29 is 14.6 Å². The quantitative estimate of drug-likeness (QED) is 0.870. The smallest absolute Gasteiger partial charge is 0.356 e. The molecule has 0 radical (unpaired) electrons. The standard InChI is InChI=1S/C16H19NO3S/c1-4-16(3,20-5-2)15-17-12(14(18)19)13(21-15)11-9-7-6-8-10-11/h6-10H,4-5H2,1-3H3,(H,18,19). The first-order chi connectivity index (χ1) is 10.0. The van der Waals surface area contributed by atoms with Gasteiger partial charge in [0.05, 0.1) is 4.88 Å². The van der Waals surface area contributed by atoms with Crippen LogP contribution in [0.1, 0.15) is 42.7 Å². The Labute approximate surface area is 128 Å². The molecule has 0 aliphatic heterocycles. The molecule has 0 saturated heterocycles. The number of carboxylic acid groups (broad SMARTS) is 1. The fourth-order valence-electron chi connectivity index (χ4n) is 2.11. The number of hydrogen-bond donors (Lipinski definition) is 1. The summed E-state index contributed by atoms with van der Waals surface area (Å²) in [6.07, 6.45) is 0.738. The molecule has 1 heterocycles. The van der Waals surface area contributed by atoms with Gasteiger partial charge in [-0.25, -0.2) is 9.78 Å². The third-order valence-corrected chi connectivity index (χ3v) is 4.81. The van der Waals surface area contributed by atoms with E-state index in [1.54, 1.807) is 0 Å². The van der Waals surface area contributed by atoms with Crippen molar-refractivity contribution in [2.45, 2.75) is 32.8 Å².